The Labute approximate surface area is 103 Å². The van der Waals surface area contributed by atoms with Crippen LogP contribution in [0.5, 0.6) is 5.75 Å². The molecule has 1 saturated heterocycles. The van der Waals surface area contributed by atoms with Crippen LogP contribution in [0.25, 0.3) is 0 Å². The number of benzene rings is 1. The highest BCUT2D eigenvalue weighted by atomic mass is 16.5. The van der Waals surface area contributed by atoms with Gasteiger partial charge in [0.05, 0.1) is 12.2 Å². The van der Waals surface area contributed by atoms with E-state index in [4.69, 9.17) is 15.2 Å². The van der Waals surface area contributed by atoms with Crippen molar-refractivity contribution < 1.29 is 9.47 Å². The first-order chi connectivity index (χ1) is 8.14. The van der Waals surface area contributed by atoms with E-state index < -0.39 is 0 Å². The van der Waals surface area contributed by atoms with E-state index in [0.29, 0.717) is 6.61 Å². The lowest BCUT2D eigenvalue weighted by molar-refractivity contribution is -0.0766. The summed E-state index contributed by atoms with van der Waals surface area (Å²) < 4.78 is 11.3. The van der Waals surface area contributed by atoms with Gasteiger partial charge in [0, 0.05) is 12.6 Å². The maximum absolute atomic E-state index is 6.02. The van der Waals surface area contributed by atoms with E-state index >= 15 is 0 Å². The first-order valence-corrected chi connectivity index (χ1v) is 6.27. The molecule has 3 heteroatoms. The molecule has 2 atom stereocenters. The van der Waals surface area contributed by atoms with Crippen LogP contribution in [0.15, 0.2) is 24.3 Å². The molecule has 17 heavy (non-hydrogen) atoms. The monoisotopic (exact) mass is 235 g/mol. The molecule has 0 bridgehead atoms. The molecule has 1 fully saturated rings. The molecule has 0 spiro atoms. The van der Waals surface area contributed by atoms with Gasteiger partial charge in [-0.2, -0.15) is 0 Å². The van der Waals surface area contributed by atoms with Gasteiger partial charge in [0.15, 0.2) is 0 Å². The summed E-state index contributed by atoms with van der Waals surface area (Å²) in [4.78, 5) is 0. The lowest BCUT2D eigenvalue weighted by Gasteiger charge is -2.37. The standard InChI is InChI=1S/C14H21NO2/c1-3-16-13-6-4-11(5-7-13)14(2)10-12(15)8-9-17-14/h4-7,12H,3,8-10,15H2,1-2H3. The van der Waals surface area contributed by atoms with Crippen LogP contribution < -0.4 is 10.5 Å². The predicted octanol–water partition coefficient (Wildman–Crippen LogP) is 2.44. The van der Waals surface area contributed by atoms with Crippen LogP contribution in [-0.2, 0) is 10.3 Å². The first kappa shape index (κ1) is 12.4. The Kier molecular flexibility index (Phi) is 3.69. The van der Waals surface area contributed by atoms with Crippen molar-refractivity contribution in [2.45, 2.75) is 38.3 Å². The fourth-order valence-electron chi connectivity index (χ4n) is 2.37. The molecular weight excluding hydrogens is 214 g/mol. The van der Waals surface area contributed by atoms with Crippen LogP contribution >= 0.6 is 0 Å². The van der Waals surface area contributed by atoms with Crippen LogP contribution in [-0.4, -0.2) is 19.3 Å². The maximum atomic E-state index is 6.02. The molecular formula is C14H21NO2. The molecule has 1 aliphatic heterocycles. The van der Waals surface area contributed by atoms with Gasteiger partial charge in [-0.1, -0.05) is 12.1 Å². The maximum Gasteiger partial charge on any atom is 0.119 e. The summed E-state index contributed by atoms with van der Waals surface area (Å²) in [6, 6.07) is 8.37. The Balaban J connectivity index is 2.15. The highest BCUT2D eigenvalue weighted by Gasteiger charge is 2.33. The van der Waals surface area contributed by atoms with E-state index in [-0.39, 0.29) is 11.6 Å². The fourth-order valence-corrected chi connectivity index (χ4v) is 2.37. The van der Waals surface area contributed by atoms with Gasteiger partial charge in [-0.15, -0.1) is 0 Å². The smallest absolute Gasteiger partial charge is 0.119 e. The summed E-state index contributed by atoms with van der Waals surface area (Å²) in [7, 11) is 0. The zero-order valence-corrected chi connectivity index (χ0v) is 10.6. The van der Waals surface area contributed by atoms with Gasteiger partial charge in [0.2, 0.25) is 0 Å². The van der Waals surface area contributed by atoms with Crippen LogP contribution in [0.2, 0.25) is 0 Å². The van der Waals surface area contributed by atoms with Gasteiger partial charge in [-0.05, 0) is 44.4 Å². The van der Waals surface area contributed by atoms with E-state index in [2.05, 4.69) is 19.1 Å². The van der Waals surface area contributed by atoms with Crippen molar-refractivity contribution in [3.63, 3.8) is 0 Å². The third-order valence-electron chi connectivity index (χ3n) is 3.34. The minimum absolute atomic E-state index is 0.236. The van der Waals surface area contributed by atoms with Crippen molar-refractivity contribution >= 4 is 0 Å². The van der Waals surface area contributed by atoms with Gasteiger partial charge in [-0.3, -0.25) is 0 Å². The largest absolute Gasteiger partial charge is 0.494 e. The summed E-state index contributed by atoms with van der Waals surface area (Å²) in [5.41, 5.74) is 6.95. The van der Waals surface area contributed by atoms with Crippen LogP contribution in [0, 0.1) is 0 Å². The predicted molar refractivity (Wildman–Crippen MR) is 68.1 cm³/mol. The van der Waals surface area contributed by atoms with Crippen molar-refractivity contribution in [2.75, 3.05) is 13.2 Å². The molecule has 2 rings (SSSR count). The van der Waals surface area contributed by atoms with E-state index in [0.717, 1.165) is 25.2 Å². The third-order valence-corrected chi connectivity index (χ3v) is 3.34. The van der Waals surface area contributed by atoms with Gasteiger partial charge < -0.3 is 15.2 Å². The molecule has 0 saturated carbocycles. The zero-order valence-electron chi connectivity index (χ0n) is 10.6. The van der Waals surface area contributed by atoms with Gasteiger partial charge >= 0.3 is 0 Å². The molecule has 1 aromatic rings. The van der Waals surface area contributed by atoms with Crippen molar-refractivity contribution in [1.29, 1.82) is 0 Å². The van der Waals surface area contributed by atoms with Crippen LogP contribution in [0.1, 0.15) is 32.3 Å². The Bertz CT molecular complexity index is 363. The minimum Gasteiger partial charge on any atom is -0.494 e. The van der Waals surface area contributed by atoms with E-state index in [1.165, 1.54) is 5.56 Å². The molecule has 2 unspecified atom stereocenters. The Hall–Kier alpha value is -1.06. The number of ether oxygens (including phenoxy) is 2. The van der Waals surface area contributed by atoms with Crippen molar-refractivity contribution in [3.05, 3.63) is 29.8 Å². The van der Waals surface area contributed by atoms with Crippen LogP contribution in [0.3, 0.4) is 0 Å². The SMILES string of the molecule is CCOc1ccc(C2(C)CC(N)CCO2)cc1. The van der Waals surface area contributed by atoms with Crippen molar-refractivity contribution in [3.8, 4) is 5.75 Å². The highest BCUT2D eigenvalue weighted by Crippen LogP contribution is 2.34. The Morgan fingerprint density at radius 3 is 2.71 bits per heavy atom. The van der Waals surface area contributed by atoms with Crippen LogP contribution in [0.4, 0.5) is 0 Å². The summed E-state index contributed by atoms with van der Waals surface area (Å²) >= 11 is 0. The Morgan fingerprint density at radius 1 is 1.41 bits per heavy atom. The quantitative estimate of drug-likeness (QED) is 0.875. The first-order valence-electron chi connectivity index (χ1n) is 6.27. The molecule has 0 amide bonds. The minimum atomic E-state index is -0.248. The summed E-state index contributed by atoms with van der Waals surface area (Å²) in [6.07, 6.45) is 1.83. The normalized spacial score (nSPS) is 29.0. The molecule has 0 radical (unpaired) electrons. The number of hydrogen-bond acceptors (Lipinski definition) is 3. The second kappa shape index (κ2) is 5.07. The van der Waals surface area contributed by atoms with Gasteiger partial charge in [0.1, 0.15) is 5.75 Å². The molecule has 0 aromatic heterocycles. The topological polar surface area (TPSA) is 44.5 Å². The molecule has 1 aliphatic rings. The molecule has 3 nitrogen and oxygen atoms in total. The Morgan fingerprint density at radius 2 is 2.12 bits per heavy atom. The van der Waals surface area contributed by atoms with Gasteiger partial charge in [-0.25, -0.2) is 0 Å². The number of nitrogens with two attached hydrogens (primary N) is 1. The van der Waals surface area contributed by atoms with Crippen molar-refractivity contribution in [2.24, 2.45) is 5.73 Å². The molecule has 94 valence electrons. The number of rotatable bonds is 3. The third kappa shape index (κ3) is 2.79. The molecule has 1 heterocycles. The molecule has 2 N–H and O–H groups in total. The molecule has 0 aliphatic carbocycles. The fraction of sp³-hybridized carbons (Fsp3) is 0.571. The number of hydrogen-bond donors (Lipinski definition) is 1. The molecule has 1 aromatic carbocycles. The summed E-state index contributed by atoms with van der Waals surface area (Å²) in [5.74, 6) is 0.903. The van der Waals surface area contributed by atoms with Crippen molar-refractivity contribution in [1.82, 2.24) is 0 Å². The average Bonchev–Trinajstić information content (AvgIpc) is 2.30. The van der Waals surface area contributed by atoms with E-state index in [1.54, 1.807) is 0 Å². The summed E-state index contributed by atoms with van der Waals surface area (Å²) in [6.45, 7) is 5.53. The van der Waals surface area contributed by atoms with E-state index in [1.807, 2.05) is 19.1 Å². The lowest BCUT2D eigenvalue weighted by atomic mass is 9.86. The van der Waals surface area contributed by atoms with Gasteiger partial charge in [0.25, 0.3) is 0 Å². The highest BCUT2D eigenvalue weighted by molar-refractivity contribution is 5.31. The zero-order chi connectivity index (χ0) is 12.3. The second-order valence-corrected chi connectivity index (χ2v) is 4.79. The average molecular weight is 235 g/mol. The lowest BCUT2D eigenvalue weighted by Crippen LogP contribution is -2.40. The summed E-state index contributed by atoms with van der Waals surface area (Å²) in [5, 5.41) is 0. The second-order valence-electron chi connectivity index (χ2n) is 4.79. The van der Waals surface area contributed by atoms with E-state index in [9.17, 15) is 0 Å².